The average molecular weight is 261 g/mol. The molecule has 0 radical (unpaired) electrons. The van der Waals surface area contributed by atoms with Crippen molar-refractivity contribution in [2.45, 2.75) is 26.3 Å². The summed E-state index contributed by atoms with van der Waals surface area (Å²) in [6, 6.07) is 7.54. The number of aromatic nitrogens is 2. The molecule has 1 aromatic carbocycles. The summed E-state index contributed by atoms with van der Waals surface area (Å²) < 4.78 is 10.9. The highest BCUT2D eigenvalue weighted by atomic mass is 16.5. The van der Waals surface area contributed by atoms with Crippen molar-refractivity contribution in [3.8, 4) is 5.75 Å². The molecule has 0 amide bonds. The molecule has 0 aliphatic carbocycles. The van der Waals surface area contributed by atoms with Crippen molar-refractivity contribution in [3.05, 3.63) is 41.6 Å². The molecule has 2 rings (SSSR count). The first-order chi connectivity index (χ1) is 9.11. The average Bonchev–Trinajstić information content (AvgIpc) is 2.87. The molecule has 1 heterocycles. The Balaban J connectivity index is 2.16. The maximum absolute atomic E-state index is 5.98. The first-order valence-corrected chi connectivity index (χ1v) is 6.31. The van der Waals surface area contributed by atoms with E-state index in [0.717, 1.165) is 11.3 Å². The summed E-state index contributed by atoms with van der Waals surface area (Å²) in [4.78, 5) is 0. The van der Waals surface area contributed by atoms with Gasteiger partial charge in [-0.3, -0.25) is 0 Å². The predicted molar refractivity (Wildman–Crippen MR) is 71.9 cm³/mol. The van der Waals surface area contributed by atoms with Crippen LogP contribution >= 0.6 is 0 Å². The van der Waals surface area contributed by atoms with Crippen molar-refractivity contribution in [1.82, 2.24) is 10.2 Å². The van der Waals surface area contributed by atoms with E-state index in [4.69, 9.17) is 14.9 Å². The second kappa shape index (κ2) is 5.84. The fourth-order valence-corrected chi connectivity index (χ4v) is 1.77. The zero-order valence-electron chi connectivity index (χ0n) is 11.5. The fraction of sp³-hybridized carbons (Fsp3) is 0.429. The van der Waals surface area contributed by atoms with E-state index in [1.54, 1.807) is 7.11 Å². The van der Waals surface area contributed by atoms with Crippen molar-refractivity contribution >= 4 is 0 Å². The lowest BCUT2D eigenvalue weighted by Gasteiger charge is -2.09. The minimum Gasteiger partial charge on any atom is -0.496 e. The van der Waals surface area contributed by atoms with Crippen LogP contribution in [0.1, 0.15) is 37.2 Å². The lowest BCUT2D eigenvalue weighted by Crippen LogP contribution is -2.16. The SMILES string of the molecule is COc1ccccc1Cc1nnc(C(N)C(C)C)o1. The van der Waals surface area contributed by atoms with Crippen LogP contribution in [0.4, 0.5) is 0 Å². The van der Waals surface area contributed by atoms with Gasteiger partial charge in [-0.05, 0) is 12.0 Å². The molecule has 0 aliphatic rings. The normalized spacial score (nSPS) is 12.7. The molecule has 0 saturated heterocycles. The van der Waals surface area contributed by atoms with E-state index in [1.807, 2.05) is 38.1 Å². The summed E-state index contributed by atoms with van der Waals surface area (Å²) in [7, 11) is 1.65. The number of para-hydroxylation sites is 1. The van der Waals surface area contributed by atoms with Crippen LogP contribution in [0.2, 0.25) is 0 Å². The Morgan fingerprint density at radius 1 is 1.26 bits per heavy atom. The molecule has 0 spiro atoms. The highest BCUT2D eigenvalue weighted by Gasteiger charge is 2.18. The maximum atomic E-state index is 5.98. The monoisotopic (exact) mass is 261 g/mol. The smallest absolute Gasteiger partial charge is 0.233 e. The second-order valence-corrected chi connectivity index (χ2v) is 4.79. The first kappa shape index (κ1) is 13.5. The van der Waals surface area contributed by atoms with E-state index >= 15 is 0 Å². The largest absolute Gasteiger partial charge is 0.496 e. The minimum atomic E-state index is -0.223. The summed E-state index contributed by atoms with van der Waals surface area (Å²) in [5.74, 6) is 2.12. The van der Waals surface area contributed by atoms with Crippen LogP contribution in [-0.2, 0) is 6.42 Å². The van der Waals surface area contributed by atoms with E-state index in [2.05, 4.69) is 10.2 Å². The molecular weight excluding hydrogens is 242 g/mol. The van der Waals surface area contributed by atoms with Gasteiger partial charge in [-0.1, -0.05) is 32.0 Å². The number of nitrogens with zero attached hydrogens (tertiary/aromatic N) is 2. The lowest BCUT2D eigenvalue weighted by atomic mass is 10.1. The van der Waals surface area contributed by atoms with Gasteiger partial charge >= 0.3 is 0 Å². The van der Waals surface area contributed by atoms with E-state index in [-0.39, 0.29) is 12.0 Å². The molecule has 0 aliphatic heterocycles. The van der Waals surface area contributed by atoms with Gasteiger partial charge in [0.2, 0.25) is 11.8 Å². The molecule has 2 aromatic rings. The highest BCUT2D eigenvalue weighted by Crippen LogP contribution is 2.22. The van der Waals surface area contributed by atoms with E-state index in [0.29, 0.717) is 18.2 Å². The molecule has 1 unspecified atom stereocenters. The van der Waals surface area contributed by atoms with Crippen molar-refractivity contribution in [3.63, 3.8) is 0 Å². The number of ether oxygens (including phenoxy) is 1. The Morgan fingerprint density at radius 2 is 2.00 bits per heavy atom. The van der Waals surface area contributed by atoms with Gasteiger partial charge in [0.25, 0.3) is 0 Å². The van der Waals surface area contributed by atoms with Crippen LogP contribution in [0.25, 0.3) is 0 Å². The van der Waals surface area contributed by atoms with Crippen LogP contribution in [-0.4, -0.2) is 17.3 Å². The third kappa shape index (κ3) is 3.12. The van der Waals surface area contributed by atoms with Gasteiger partial charge in [0, 0.05) is 5.56 Å². The quantitative estimate of drug-likeness (QED) is 0.894. The second-order valence-electron chi connectivity index (χ2n) is 4.79. The van der Waals surface area contributed by atoms with Crippen LogP contribution in [0.15, 0.2) is 28.7 Å². The number of hydrogen-bond acceptors (Lipinski definition) is 5. The van der Waals surface area contributed by atoms with Gasteiger partial charge in [-0.25, -0.2) is 0 Å². The zero-order valence-corrected chi connectivity index (χ0v) is 11.5. The molecule has 19 heavy (non-hydrogen) atoms. The van der Waals surface area contributed by atoms with E-state index < -0.39 is 0 Å². The van der Waals surface area contributed by atoms with Crippen molar-refractivity contribution in [2.75, 3.05) is 7.11 Å². The number of nitrogens with two attached hydrogens (primary N) is 1. The van der Waals surface area contributed by atoms with Crippen molar-refractivity contribution < 1.29 is 9.15 Å². The molecule has 5 nitrogen and oxygen atoms in total. The molecule has 0 fully saturated rings. The summed E-state index contributed by atoms with van der Waals surface area (Å²) in [6.07, 6.45) is 0.543. The first-order valence-electron chi connectivity index (χ1n) is 6.31. The maximum Gasteiger partial charge on any atom is 0.233 e. The Morgan fingerprint density at radius 3 is 2.68 bits per heavy atom. The van der Waals surface area contributed by atoms with Gasteiger partial charge in [-0.15, -0.1) is 10.2 Å². The summed E-state index contributed by atoms with van der Waals surface area (Å²) in [6.45, 7) is 4.05. The van der Waals surface area contributed by atoms with Gasteiger partial charge in [-0.2, -0.15) is 0 Å². The summed E-state index contributed by atoms with van der Waals surface area (Å²) in [5, 5.41) is 8.04. The topological polar surface area (TPSA) is 74.2 Å². The van der Waals surface area contributed by atoms with E-state index in [1.165, 1.54) is 0 Å². The van der Waals surface area contributed by atoms with E-state index in [9.17, 15) is 0 Å². The van der Waals surface area contributed by atoms with Crippen LogP contribution in [0, 0.1) is 5.92 Å². The number of methoxy groups -OCH3 is 1. The van der Waals surface area contributed by atoms with Crippen molar-refractivity contribution in [2.24, 2.45) is 11.7 Å². The van der Waals surface area contributed by atoms with Gasteiger partial charge < -0.3 is 14.9 Å². The molecule has 2 N–H and O–H groups in total. The lowest BCUT2D eigenvalue weighted by molar-refractivity contribution is 0.371. The molecule has 1 aromatic heterocycles. The molecular formula is C14H19N3O2. The van der Waals surface area contributed by atoms with Crippen molar-refractivity contribution in [1.29, 1.82) is 0 Å². The Labute approximate surface area is 112 Å². The number of rotatable bonds is 5. The Kier molecular flexibility index (Phi) is 4.16. The third-order valence-electron chi connectivity index (χ3n) is 3.02. The minimum absolute atomic E-state index is 0.223. The number of hydrogen-bond donors (Lipinski definition) is 1. The van der Waals surface area contributed by atoms with Gasteiger partial charge in [0.1, 0.15) is 5.75 Å². The fourth-order valence-electron chi connectivity index (χ4n) is 1.77. The van der Waals surface area contributed by atoms with Crippen LogP contribution in [0.5, 0.6) is 5.75 Å². The zero-order chi connectivity index (χ0) is 13.8. The third-order valence-corrected chi connectivity index (χ3v) is 3.02. The van der Waals surface area contributed by atoms with Gasteiger partial charge in [0.05, 0.1) is 19.6 Å². The predicted octanol–water partition coefficient (Wildman–Crippen LogP) is 2.32. The highest BCUT2D eigenvalue weighted by molar-refractivity contribution is 5.34. The summed E-state index contributed by atoms with van der Waals surface area (Å²) in [5.41, 5.74) is 6.99. The number of benzene rings is 1. The molecule has 1 atom stereocenters. The molecule has 5 heteroatoms. The Hall–Kier alpha value is -1.88. The standard InChI is InChI=1S/C14H19N3O2/c1-9(2)13(15)14-17-16-12(19-14)8-10-6-4-5-7-11(10)18-3/h4-7,9,13H,8,15H2,1-3H3. The Bertz CT molecular complexity index is 537. The summed E-state index contributed by atoms with van der Waals surface area (Å²) >= 11 is 0. The van der Waals surface area contributed by atoms with Gasteiger partial charge in [0.15, 0.2) is 0 Å². The molecule has 0 saturated carbocycles. The molecule has 102 valence electrons. The van der Waals surface area contributed by atoms with Crippen LogP contribution < -0.4 is 10.5 Å². The van der Waals surface area contributed by atoms with Crippen LogP contribution in [0.3, 0.4) is 0 Å². The molecule has 0 bridgehead atoms.